The van der Waals surface area contributed by atoms with Crippen molar-refractivity contribution in [2.45, 2.75) is 32.9 Å². The number of hydrogen-bond donors (Lipinski definition) is 2. The smallest absolute Gasteiger partial charge is 0.193 e. The Bertz CT molecular complexity index is 672. The molecule has 0 saturated carbocycles. The van der Waals surface area contributed by atoms with Crippen molar-refractivity contribution in [1.82, 2.24) is 4.90 Å². The summed E-state index contributed by atoms with van der Waals surface area (Å²) in [5.41, 5.74) is 10.7. The van der Waals surface area contributed by atoms with Gasteiger partial charge in [0.2, 0.25) is 0 Å². The molecule has 0 bridgehead atoms. The monoisotopic (exact) mass is 324 g/mol. The average molecular weight is 324 g/mol. The topological polar surface area (TPSA) is 53.6 Å². The van der Waals surface area contributed by atoms with Crippen molar-refractivity contribution < 1.29 is 0 Å². The first-order valence-corrected chi connectivity index (χ1v) is 8.33. The van der Waals surface area contributed by atoms with E-state index in [0.29, 0.717) is 18.4 Å². The van der Waals surface area contributed by atoms with E-state index in [1.54, 1.807) is 0 Å². The molecule has 3 N–H and O–H groups in total. The number of nitrogens with zero attached hydrogens (tertiary/aromatic N) is 2. The van der Waals surface area contributed by atoms with Gasteiger partial charge in [0.15, 0.2) is 5.96 Å². The van der Waals surface area contributed by atoms with Crippen LogP contribution in [0.3, 0.4) is 0 Å². The third-order valence-electron chi connectivity index (χ3n) is 3.78. The molecule has 0 aromatic heterocycles. The fourth-order valence-electron chi connectivity index (χ4n) is 2.45. The lowest BCUT2D eigenvalue weighted by Crippen LogP contribution is -2.22. The Morgan fingerprint density at radius 1 is 1.08 bits per heavy atom. The van der Waals surface area contributed by atoms with Crippen LogP contribution in [0, 0.1) is 0 Å². The van der Waals surface area contributed by atoms with E-state index in [4.69, 9.17) is 5.73 Å². The normalized spacial score (nSPS) is 12.0. The highest BCUT2D eigenvalue weighted by atomic mass is 15.1. The number of nitrogens with one attached hydrogen (secondary N) is 1. The summed E-state index contributed by atoms with van der Waals surface area (Å²) in [6.45, 7) is 5.87. The van der Waals surface area contributed by atoms with Gasteiger partial charge in [0.25, 0.3) is 0 Å². The molecule has 4 heteroatoms. The van der Waals surface area contributed by atoms with Gasteiger partial charge >= 0.3 is 0 Å². The second-order valence-electron chi connectivity index (χ2n) is 6.66. The van der Waals surface area contributed by atoms with Crippen LogP contribution in [0.25, 0.3) is 0 Å². The number of anilines is 1. The van der Waals surface area contributed by atoms with Crippen molar-refractivity contribution in [3.05, 3.63) is 65.2 Å². The summed E-state index contributed by atoms with van der Waals surface area (Å²) >= 11 is 0. The Morgan fingerprint density at radius 2 is 1.75 bits per heavy atom. The van der Waals surface area contributed by atoms with Crippen LogP contribution in [0.15, 0.2) is 53.5 Å². The minimum Gasteiger partial charge on any atom is -0.370 e. The number of nitrogens with two attached hydrogens (primary N) is 1. The largest absolute Gasteiger partial charge is 0.370 e. The molecule has 0 radical (unpaired) electrons. The average Bonchev–Trinajstić information content (AvgIpc) is 2.54. The van der Waals surface area contributed by atoms with Crippen LogP contribution in [0.2, 0.25) is 0 Å². The van der Waals surface area contributed by atoms with Crippen molar-refractivity contribution in [3.63, 3.8) is 0 Å². The summed E-state index contributed by atoms with van der Waals surface area (Å²) in [5, 5.41) is 3.17. The van der Waals surface area contributed by atoms with E-state index < -0.39 is 0 Å². The zero-order valence-electron chi connectivity index (χ0n) is 15.1. The molecule has 0 aliphatic carbocycles. The molecular formula is C20H28N4. The van der Waals surface area contributed by atoms with Crippen LogP contribution in [-0.2, 0) is 13.1 Å². The van der Waals surface area contributed by atoms with Gasteiger partial charge in [-0.2, -0.15) is 0 Å². The molecule has 2 aromatic rings. The number of aliphatic imine (C=N–C) groups is 1. The van der Waals surface area contributed by atoms with E-state index in [1.165, 1.54) is 11.1 Å². The van der Waals surface area contributed by atoms with Gasteiger partial charge in [-0.05, 0) is 48.8 Å². The highest BCUT2D eigenvalue weighted by Gasteiger charge is 2.01. The van der Waals surface area contributed by atoms with Crippen LogP contribution in [0.1, 0.15) is 36.5 Å². The molecule has 0 unspecified atom stereocenters. The highest BCUT2D eigenvalue weighted by Crippen LogP contribution is 2.18. The van der Waals surface area contributed by atoms with E-state index >= 15 is 0 Å². The zero-order chi connectivity index (χ0) is 17.5. The standard InChI is InChI=1S/C20H28N4/c1-15(2)18-6-5-7-19(12-18)23-20(21)22-13-16-8-10-17(11-9-16)14-24(3)4/h5-12,15H,13-14H2,1-4H3,(H3,21,22,23). The quantitative estimate of drug-likeness (QED) is 0.628. The molecule has 0 spiro atoms. The second kappa shape index (κ2) is 8.50. The summed E-state index contributed by atoms with van der Waals surface area (Å²) in [4.78, 5) is 6.58. The Hall–Kier alpha value is -2.33. The lowest BCUT2D eigenvalue weighted by molar-refractivity contribution is 0.402. The summed E-state index contributed by atoms with van der Waals surface area (Å²) in [7, 11) is 4.14. The summed E-state index contributed by atoms with van der Waals surface area (Å²) in [6, 6.07) is 16.8. The SMILES string of the molecule is CC(C)c1cccc(NC(N)=NCc2ccc(CN(C)C)cc2)c1. The van der Waals surface area contributed by atoms with E-state index in [0.717, 1.165) is 17.8 Å². The first-order chi connectivity index (χ1) is 11.4. The maximum Gasteiger partial charge on any atom is 0.193 e. The second-order valence-corrected chi connectivity index (χ2v) is 6.66. The fourth-order valence-corrected chi connectivity index (χ4v) is 2.45. The number of rotatable bonds is 6. The predicted octanol–water partition coefficient (Wildman–Crippen LogP) is 3.80. The van der Waals surface area contributed by atoms with Crippen LogP contribution in [-0.4, -0.2) is 25.0 Å². The van der Waals surface area contributed by atoms with E-state index in [2.05, 4.69) is 79.6 Å². The third kappa shape index (κ3) is 5.70. The van der Waals surface area contributed by atoms with Gasteiger partial charge in [-0.1, -0.05) is 50.2 Å². The maximum absolute atomic E-state index is 6.01. The first-order valence-electron chi connectivity index (χ1n) is 8.33. The van der Waals surface area contributed by atoms with E-state index in [-0.39, 0.29) is 0 Å². The molecule has 2 rings (SSSR count). The van der Waals surface area contributed by atoms with Gasteiger partial charge in [-0.25, -0.2) is 4.99 Å². The molecule has 0 atom stereocenters. The highest BCUT2D eigenvalue weighted by molar-refractivity contribution is 5.92. The minimum absolute atomic E-state index is 0.438. The Balaban J connectivity index is 1.95. The van der Waals surface area contributed by atoms with Crippen molar-refractivity contribution in [1.29, 1.82) is 0 Å². The molecule has 0 aliphatic heterocycles. The minimum atomic E-state index is 0.438. The summed E-state index contributed by atoms with van der Waals surface area (Å²) in [5.74, 6) is 0.930. The molecule has 128 valence electrons. The Morgan fingerprint density at radius 3 is 2.38 bits per heavy atom. The van der Waals surface area contributed by atoms with Crippen LogP contribution < -0.4 is 11.1 Å². The molecule has 0 saturated heterocycles. The van der Waals surface area contributed by atoms with Crippen molar-refractivity contribution in [2.75, 3.05) is 19.4 Å². The molecule has 0 fully saturated rings. The molecule has 0 heterocycles. The molecular weight excluding hydrogens is 296 g/mol. The molecule has 4 nitrogen and oxygen atoms in total. The number of guanidine groups is 1. The lowest BCUT2D eigenvalue weighted by Gasteiger charge is -2.10. The van der Waals surface area contributed by atoms with Crippen molar-refractivity contribution in [3.8, 4) is 0 Å². The zero-order valence-corrected chi connectivity index (χ0v) is 15.1. The Kier molecular flexibility index (Phi) is 6.38. The lowest BCUT2D eigenvalue weighted by atomic mass is 10.0. The fraction of sp³-hybridized carbons (Fsp3) is 0.350. The van der Waals surface area contributed by atoms with Gasteiger partial charge in [-0.15, -0.1) is 0 Å². The van der Waals surface area contributed by atoms with Crippen molar-refractivity contribution in [2.24, 2.45) is 10.7 Å². The predicted molar refractivity (Wildman–Crippen MR) is 103 cm³/mol. The molecule has 0 aliphatic rings. The van der Waals surface area contributed by atoms with Crippen molar-refractivity contribution >= 4 is 11.6 Å². The van der Waals surface area contributed by atoms with Crippen LogP contribution in [0.4, 0.5) is 5.69 Å². The van der Waals surface area contributed by atoms with Gasteiger partial charge in [0, 0.05) is 12.2 Å². The van der Waals surface area contributed by atoms with E-state index in [9.17, 15) is 0 Å². The third-order valence-corrected chi connectivity index (χ3v) is 3.78. The first kappa shape index (κ1) is 18.0. The molecule has 24 heavy (non-hydrogen) atoms. The summed E-state index contributed by atoms with van der Waals surface area (Å²) in [6.07, 6.45) is 0. The van der Waals surface area contributed by atoms with Gasteiger partial charge in [0.05, 0.1) is 6.54 Å². The number of hydrogen-bond acceptors (Lipinski definition) is 2. The number of benzene rings is 2. The van der Waals surface area contributed by atoms with Crippen LogP contribution in [0.5, 0.6) is 0 Å². The van der Waals surface area contributed by atoms with Crippen LogP contribution >= 0.6 is 0 Å². The maximum atomic E-state index is 6.01. The van der Waals surface area contributed by atoms with Gasteiger partial charge in [-0.3, -0.25) is 0 Å². The van der Waals surface area contributed by atoms with E-state index in [1.807, 2.05) is 12.1 Å². The summed E-state index contributed by atoms with van der Waals surface area (Å²) < 4.78 is 0. The Labute approximate surface area is 145 Å². The molecule has 0 amide bonds. The van der Waals surface area contributed by atoms with Gasteiger partial charge < -0.3 is 16.0 Å². The van der Waals surface area contributed by atoms with Gasteiger partial charge in [0.1, 0.15) is 0 Å². The molecule has 2 aromatic carbocycles.